The fraction of sp³-hybridized carbons (Fsp3) is 0.440. The number of likely N-dealkylation sites (tertiary alicyclic amines) is 1. The predicted molar refractivity (Wildman–Crippen MR) is 131 cm³/mol. The number of hydrogen-bond acceptors (Lipinski definition) is 5. The summed E-state index contributed by atoms with van der Waals surface area (Å²) in [7, 11) is -1.67. The lowest BCUT2D eigenvalue weighted by Gasteiger charge is -2.40. The predicted octanol–water partition coefficient (Wildman–Crippen LogP) is 2.14. The fourth-order valence-corrected chi connectivity index (χ4v) is 6.24. The second-order valence-corrected chi connectivity index (χ2v) is 11.1. The zero-order valence-corrected chi connectivity index (χ0v) is 20.6. The Bertz CT molecular complexity index is 1140. The lowest BCUT2D eigenvalue weighted by Crippen LogP contribution is -2.50. The Labute approximate surface area is 201 Å². The van der Waals surface area contributed by atoms with Gasteiger partial charge < -0.3 is 15.1 Å². The summed E-state index contributed by atoms with van der Waals surface area (Å²) in [5.41, 5.74) is 0.556. The number of nitrogens with zero attached hydrogens (tertiary/aromatic N) is 3. The van der Waals surface area contributed by atoms with Gasteiger partial charge >= 0.3 is 0 Å². The largest absolute Gasteiger partial charge is 0.343 e. The first-order valence-corrected chi connectivity index (χ1v) is 13.1. The molecule has 2 aromatic carbocycles. The van der Waals surface area contributed by atoms with E-state index < -0.39 is 15.4 Å². The first-order valence-electron chi connectivity index (χ1n) is 11.6. The lowest BCUT2D eigenvalue weighted by atomic mass is 9.72. The molecule has 2 heterocycles. The minimum absolute atomic E-state index is 0.00360. The summed E-state index contributed by atoms with van der Waals surface area (Å²) >= 11 is 0. The molecule has 9 heteroatoms. The van der Waals surface area contributed by atoms with Crippen molar-refractivity contribution in [1.82, 2.24) is 14.1 Å². The molecule has 0 spiro atoms. The SMILES string of the molecule is CC(=O)N1CCC(C(=O)Nc2cccc(S(=O)(=O)N3CCN(C)CC3)c2)(c2ccccc2)CC1. The zero-order chi connectivity index (χ0) is 24.3. The normalized spacial score (nSPS) is 19.5. The van der Waals surface area contributed by atoms with Gasteiger partial charge in [0.25, 0.3) is 0 Å². The third-order valence-electron chi connectivity index (χ3n) is 7.02. The van der Waals surface area contributed by atoms with Crippen LogP contribution in [0.15, 0.2) is 59.5 Å². The molecule has 2 aliphatic rings. The van der Waals surface area contributed by atoms with Crippen molar-refractivity contribution in [2.24, 2.45) is 0 Å². The van der Waals surface area contributed by atoms with Gasteiger partial charge in [0.1, 0.15) is 0 Å². The number of nitrogens with one attached hydrogen (secondary N) is 1. The third-order valence-corrected chi connectivity index (χ3v) is 8.91. The molecule has 2 amide bonds. The number of carbonyl (C=O) groups excluding carboxylic acids is 2. The van der Waals surface area contributed by atoms with E-state index in [0.29, 0.717) is 57.8 Å². The highest BCUT2D eigenvalue weighted by molar-refractivity contribution is 7.89. The maximum absolute atomic E-state index is 13.7. The standard InChI is InChI=1S/C25H32N4O4S/c1-20(30)28-13-11-25(12-14-28,21-7-4-3-5-8-21)24(31)26-22-9-6-10-23(19-22)34(32,33)29-17-15-27(2)16-18-29/h3-10,19H,11-18H2,1-2H3,(H,26,31). The summed E-state index contributed by atoms with van der Waals surface area (Å²) in [5.74, 6) is -0.181. The maximum atomic E-state index is 13.7. The van der Waals surface area contributed by atoms with Crippen LogP contribution in [-0.4, -0.2) is 80.7 Å². The van der Waals surface area contributed by atoms with E-state index in [1.54, 1.807) is 30.0 Å². The minimum Gasteiger partial charge on any atom is -0.343 e. The molecular weight excluding hydrogens is 452 g/mol. The van der Waals surface area contributed by atoms with E-state index in [1.807, 2.05) is 37.4 Å². The molecule has 4 rings (SSSR count). The molecule has 0 aliphatic carbocycles. The number of carbonyl (C=O) groups is 2. The van der Waals surface area contributed by atoms with Crippen molar-refractivity contribution in [2.45, 2.75) is 30.1 Å². The Morgan fingerprint density at radius 2 is 1.53 bits per heavy atom. The Kier molecular flexibility index (Phi) is 7.06. The molecule has 0 unspecified atom stereocenters. The number of piperazine rings is 1. The van der Waals surface area contributed by atoms with E-state index in [9.17, 15) is 18.0 Å². The molecular formula is C25H32N4O4S. The highest BCUT2D eigenvalue weighted by Gasteiger charge is 2.43. The Morgan fingerprint density at radius 1 is 0.882 bits per heavy atom. The van der Waals surface area contributed by atoms with Gasteiger partial charge in [-0.1, -0.05) is 36.4 Å². The molecule has 2 aliphatic heterocycles. The first kappa shape index (κ1) is 24.4. The minimum atomic E-state index is -3.64. The number of anilines is 1. The number of hydrogen-bond donors (Lipinski definition) is 1. The van der Waals surface area contributed by atoms with E-state index in [1.165, 1.54) is 10.4 Å². The monoisotopic (exact) mass is 484 g/mol. The summed E-state index contributed by atoms with van der Waals surface area (Å²) < 4.78 is 27.8. The second kappa shape index (κ2) is 9.85. The van der Waals surface area contributed by atoms with Crippen LogP contribution >= 0.6 is 0 Å². The van der Waals surface area contributed by atoms with Crippen molar-refractivity contribution >= 4 is 27.5 Å². The van der Waals surface area contributed by atoms with E-state index in [-0.39, 0.29) is 16.7 Å². The Balaban J connectivity index is 1.58. The fourth-order valence-electron chi connectivity index (χ4n) is 4.77. The average Bonchev–Trinajstić information content (AvgIpc) is 2.85. The molecule has 2 aromatic rings. The molecule has 1 N–H and O–H groups in total. The van der Waals surface area contributed by atoms with Gasteiger partial charge in [0, 0.05) is 51.9 Å². The first-order chi connectivity index (χ1) is 16.2. The number of piperidine rings is 1. The van der Waals surface area contributed by atoms with Gasteiger partial charge in [-0.2, -0.15) is 4.31 Å². The van der Waals surface area contributed by atoms with Crippen molar-refractivity contribution < 1.29 is 18.0 Å². The van der Waals surface area contributed by atoms with Gasteiger partial charge in [-0.15, -0.1) is 0 Å². The summed E-state index contributed by atoms with van der Waals surface area (Å²) in [6, 6.07) is 16.1. The quantitative estimate of drug-likeness (QED) is 0.702. The van der Waals surface area contributed by atoms with Crippen LogP contribution in [0, 0.1) is 0 Å². The molecule has 0 aromatic heterocycles. The van der Waals surface area contributed by atoms with Gasteiger partial charge in [0.05, 0.1) is 10.3 Å². The Morgan fingerprint density at radius 3 is 2.15 bits per heavy atom. The number of benzene rings is 2. The Hall–Kier alpha value is -2.75. The molecule has 2 saturated heterocycles. The van der Waals surface area contributed by atoms with Crippen molar-refractivity contribution in [2.75, 3.05) is 51.6 Å². The second-order valence-electron chi connectivity index (χ2n) is 9.14. The van der Waals surface area contributed by atoms with Crippen LogP contribution in [0.4, 0.5) is 5.69 Å². The van der Waals surface area contributed by atoms with Crippen LogP contribution in [0.5, 0.6) is 0 Å². The van der Waals surface area contributed by atoms with Crippen LogP contribution in [0.25, 0.3) is 0 Å². The van der Waals surface area contributed by atoms with Crippen LogP contribution in [0.3, 0.4) is 0 Å². The van der Waals surface area contributed by atoms with Gasteiger partial charge in [0.15, 0.2) is 0 Å². The van der Waals surface area contributed by atoms with Crippen LogP contribution in [0.1, 0.15) is 25.3 Å². The van der Waals surface area contributed by atoms with E-state index in [0.717, 1.165) is 5.56 Å². The van der Waals surface area contributed by atoms with E-state index in [2.05, 4.69) is 10.2 Å². The number of likely N-dealkylation sites (N-methyl/N-ethyl adjacent to an activating group) is 1. The van der Waals surface area contributed by atoms with E-state index in [4.69, 9.17) is 0 Å². The molecule has 0 saturated carbocycles. The van der Waals surface area contributed by atoms with Gasteiger partial charge in [-0.25, -0.2) is 8.42 Å². The number of rotatable bonds is 5. The van der Waals surface area contributed by atoms with Gasteiger partial charge in [-0.3, -0.25) is 9.59 Å². The maximum Gasteiger partial charge on any atom is 0.243 e. The molecule has 0 radical (unpaired) electrons. The molecule has 0 bridgehead atoms. The van der Waals surface area contributed by atoms with Crippen LogP contribution < -0.4 is 5.32 Å². The number of amides is 2. The summed E-state index contributed by atoms with van der Waals surface area (Å²) in [5, 5.41) is 2.98. The molecule has 2 fully saturated rings. The summed E-state index contributed by atoms with van der Waals surface area (Å²) in [4.78, 5) is 29.6. The van der Waals surface area contributed by atoms with Crippen molar-refractivity contribution in [3.8, 4) is 0 Å². The molecule has 8 nitrogen and oxygen atoms in total. The van der Waals surface area contributed by atoms with Gasteiger partial charge in [0.2, 0.25) is 21.8 Å². The topological polar surface area (TPSA) is 90.0 Å². The zero-order valence-electron chi connectivity index (χ0n) is 19.7. The smallest absolute Gasteiger partial charge is 0.243 e. The molecule has 34 heavy (non-hydrogen) atoms. The number of sulfonamides is 1. The summed E-state index contributed by atoms with van der Waals surface area (Å²) in [6.07, 6.45) is 1.00. The summed E-state index contributed by atoms with van der Waals surface area (Å²) in [6.45, 7) is 4.80. The van der Waals surface area contributed by atoms with Crippen molar-refractivity contribution in [1.29, 1.82) is 0 Å². The molecule has 182 valence electrons. The van der Waals surface area contributed by atoms with Crippen LogP contribution in [0.2, 0.25) is 0 Å². The van der Waals surface area contributed by atoms with Gasteiger partial charge in [-0.05, 0) is 43.7 Å². The third kappa shape index (κ3) is 4.87. The van der Waals surface area contributed by atoms with Crippen LogP contribution in [-0.2, 0) is 25.0 Å². The van der Waals surface area contributed by atoms with E-state index >= 15 is 0 Å². The molecule has 0 atom stereocenters. The lowest BCUT2D eigenvalue weighted by molar-refractivity contribution is -0.133. The van der Waals surface area contributed by atoms with Crippen molar-refractivity contribution in [3.05, 3.63) is 60.2 Å². The van der Waals surface area contributed by atoms with Crippen molar-refractivity contribution in [3.63, 3.8) is 0 Å². The average molecular weight is 485 g/mol. The highest BCUT2D eigenvalue weighted by atomic mass is 32.2. The highest BCUT2D eigenvalue weighted by Crippen LogP contribution is 2.37.